The van der Waals surface area contributed by atoms with Gasteiger partial charge in [-0.25, -0.2) is 0 Å². The van der Waals surface area contributed by atoms with Crippen LogP contribution in [0.3, 0.4) is 0 Å². The molecule has 0 unspecified atom stereocenters. The Morgan fingerprint density at radius 3 is 2.50 bits per heavy atom. The number of benzene rings is 1. The molecule has 1 saturated carbocycles. The van der Waals surface area contributed by atoms with E-state index in [2.05, 4.69) is 0 Å². The lowest BCUT2D eigenvalue weighted by molar-refractivity contribution is 0.0588. The first-order chi connectivity index (χ1) is 9.71. The van der Waals surface area contributed by atoms with Crippen molar-refractivity contribution in [2.45, 2.75) is 25.3 Å². The maximum atomic E-state index is 12.6. The van der Waals surface area contributed by atoms with Crippen LogP contribution in [0.2, 0.25) is 0 Å². The van der Waals surface area contributed by atoms with Crippen LogP contribution in [0.4, 0.5) is 0 Å². The summed E-state index contributed by atoms with van der Waals surface area (Å²) < 4.78 is 10.4. The molecule has 0 aromatic heterocycles. The third-order valence-electron chi connectivity index (χ3n) is 3.78. The lowest BCUT2D eigenvalue weighted by Crippen LogP contribution is -2.46. The summed E-state index contributed by atoms with van der Waals surface area (Å²) in [6, 6.07) is 5.59. The first-order valence-corrected chi connectivity index (χ1v) is 6.94. The minimum absolute atomic E-state index is 0.0149. The highest BCUT2D eigenvalue weighted by atomic mass is 16.5. The third-order valence-corrected chi connectivity index (χ3v) is 3.78. The van der Waals surface area contributed by atoms with Crippen LogP contribution in [0.1, 0.15) is 29.6 Å². The van der Waals surface area contributed by atoms with E-state index in [1.807, 2.05) is 4.90 Å². The van der Waals surface area contributed by atoms with E-state index in [-0.39, 0.29) is 5.91 Å². The summed E-state index contributed by atoms with van der Waals surface area (Å²) in [5.74, 6) is 1.21. The predicted octanol–water partition coefficient (Wildman–Crippen LogP) is 1.66. The zero-order chi connectivity index (χ0) is 14.5. The Morgan fingerprint density at radius 1 is 1.30 bits per heavy atom. The monoisotopic (exact) mass is 278 g/mol. The molecule has 1 aromatic carbocycles. The Bertz CT molecular complexity index is 472. The lowest BCUT2D eigenvalue weighted by Gasteiger charge is -2.37. The molecule has 1 aliphatic carbocycles. The summed E-state index contributed by atoms with van der Waals surface area (Å²) in [6.07, 6.45) is 3.32. The molecular weight excluding hydrogens is 256 g/mol. The van der Waals surface area contributed by atoms with E-state index in [0.29, 0.717) is 36.2 Å². The molecule has 0 bridgehead atoms. The number of hydrogen-bond acceptors (Lipinski definition) is 4. The van der Waals surface area contributed by atoms with E-state index in [4.69, 9.17) is 15.2 Å². The van der Waals surface area contributed by atoms with Gasteiger partial charge in [0.2, 0.25) is 0 Å². The third kappa shape index (κ3) is 2.88. The standard InChI is InChI=1S/C15H22N2O3/c1-19-13-7-6-11(10-14(13)20-2)15(18)17(9-8-16)12-4-3-5-12/h6-7,10,12H,3-5,8-9,16H2,1-2H3. The van der Waals surface area contributed by atoms with Gasteiger partial charge in [0.1, 0.15) is 0 Å². The molecule has 5 heteroatoms. The molecule has 0 spiro atoms. The van der Waals surface area contributed by atoms with Gasteiger partial charge in [-0.3, -0.25) is 4.79 Å². The number of rotatable bonds is 6. The number of nitrogens with two attached hydrogens (primary N) is 1. The molecule has 2 N–H and O–H groups in total. The first kappa shape index (κ1) is 14.7. The second kappa shape index (κ2) is 6.61. The van der Waals surface area contributed by atoms with Gasteiger partial charge in [-0.05, 0) is 37.5 Å². The topological polar surface area (TPSA) is 64.8 Å². The number of carbonyl (C=O) groups excluding carboxylic acids is 1. The van der Waals surface area contributed by atoms with Crippen molar-refractivity contribution in [1.29, 1.82) is 0 Å². The molecule has 20 heavy (non-hydrogen) atoms. The smallest absolute Gasteiger partial charge is 0.254 e. The fourth-order valence-corrected chi connectivity index (χ4v) is 2.42. The molecule has 0 heterocycles. The number of hydrogen-bond donors (Lipinski definition) is 1. The highest BCUT2D eigenvalue weighted by Gasteiger charge is 2.29. The normalized spacial score (nSPS) is 14.6. The largest absolute Gasteiger partial charge is 0.493 e. The Balaban J connectivity index is 2.21. The molecule has 0 saturated heterocycles. The average Bonchev–Trinajstić information content (AvgIpc) is 2.43. The summed E-state index contributed by atoms with van der Waals surface area (Å²) in [4.78, 5) is 14.5. The van der Waals surface area contributed by atoms with Crippen LogP contribution < -0.4 is 15.2 Å². The van der Waals surface area contributed by atoms with Crippen molar-refractivity contribution in [1.82, 2.24) is 4.90 Å². The molecule has 0 atom stereocenters. The predicted molar refractivity (Wildman–Crippen MR) is 77.3 cm³/mol. The minimum atomic E-state index is 0.0149. The van der Waals surface area contributed by atoms with Crippen molar-refractivity contribution in [3.05, 3.63) is 23.8 Å². The van der Waals surface area contributed by atoms with Gasteiger partial charge in [0, 0.05) is 24.7 Å². The van der Waals surface area contributed by atoms with E-state index in [9.17, 15) is 4.79 Å². The SMILES string of the molecule is COc1ccc(C(=O)N(CCN)C2CCC2)cc1OC. The summed E-state index contributed by atoms with van der Waals surface area (Å²) in [7, 11) is 3.14. The molecular formula is C15H22N2O3. The second-order valence-electron chi connectivity index (χ2n) is 4.94. The fraction of sp³-hybridized carbons (Fsp3) is 0.533. The van der Waals surface area contributed by atoms with Crippen molar-refractivity contribution in [3.8, 4) is 11.5 Å². The second-order valence-corrected chi connectivity index (χ2v) is 4.94. The van der Waals surface area contributed by atoms with Gasteiger partial charge >= 0.3 is 0 Å². The van der Waals surface area contributed by atoms with Crippen LogP contribution in [0.15, 0.2) is 18.2 Å². The van der Waals surface area contributed by atoms with Gasteiger partial charge in [-0.2, -0.15) is 0 Å². The Labute approximate surface area is 119 Å². The molecule has 2 rings (SSSR count). The van der Waals surface area contributed by atoms with Crippen LogP contribution >= 0.6 is 0 Å². The molecule has 0 aliphatic heterocycles. The van der Waals surface area contributed by atoms with Gasteiger partial charge in [0.05, 0.1) is 14.2 Å². The van der Waals surface area contributed by atoms with Crippen molar-refractivity contribution in [3.63, 3.8) is 0 Å². The van der Waals surface area contributed by atoms with Gasteiger partial charge in [0.25, 0.3) is 5.91 Å². The quantitative estimate of drug-likeness (QED) is 0.859. The molecule has 1 amide bonds. The molecule has 1 aliphatic rings. The minimum Gasteiger partial charge on any atom is -0.493 e. The summed E-state index contributed by atoms with van der Waals surface area (Å²) in [5, 5.41) is 0. The van der Waals surface area contributed by atoms with E-state index in [0.717, 1.165) is 12.8 Å². The number of nitrogens with zero attached hydrogens (tertiary/aromatic N) is 1. The van der Waals surface area contributed by atoms with Crippen LogP contribution in [-0.2, 0) is 0 Å². The number of methoxy groups -OCH3 is 2. The maximum absolute atomic E-state index is 12.6. The number of carbonyl (C=O) groups is 1. The Hall–Kier alpha value is -1.75. The molecule has 110 valence electrons. The molecule has 1 aromatic rings. The van der Waals surface area contributed by atoms with E-state index >= 15 is 0 Å². The molecule has 1 fully saturated rings. The zero-order valence-corrected chi connectivity index (χ0v) is 12.1. The van der Waals surface area contributed by atoms with Crippen molar-refractivity contribution >= 4 is 5.91 Å². The van der Waals surface area contributed by atoms with Gasteiger partial charge in [0.15, 0.2) is 11.5 Å². The van der Waals surface area contributed by atoms with E-state index in [1.54, 1.807) is 32.4 Å². The van der Waals surface area contributed by atoms with E-state index in [1.165, 1.54) is 6.42 Å². The number of amides is 1. The van der Waals surface area contributed by atoms with Gasteiger partial charge < -0.3 is 20.1 Å². The van der Waals surface area contributed by atoms with Crippen molar-refractivity contribution in [2.24, 2.45) is 5.73 Å². The first-order valence-electron chi connectivity index (χ1n) is 6.94. The summed E-state index contributed by atoms with van der Waals surface area (Å²) >= 11 is 0. The Kier molecular flexibility index (Phi) is 4.84. The summed E-state index contributed by atoms with van der Waals surface area (Å²) in [6.45, 7) is 1.08. The molecule has 0 radical (unpaired) electrons. The van der Waals surface area contributed by atoms with Crippen LogP contribution in [0, 0.1) is 0 Å². The highest BCUT2D eigenvalue weighted by molar-refractivity contribution is 5.95. The van der Waals surface area contributed by atoms with Crippen molar-refractivity contribution < 1.29 is 14.3 Å². The van der Waals surface area contributed by atoms with Crippen LogP contribution in [0.25, 0.3) is 0 Å². The number of ether oxygens (including phenoxy) is 2. The van der Waals surface area contributed by atoms with Crippen LogP contribution in [0.5, 0.6) is 11.5 Å². The lowest BCUT2D eigenvalue weighted by atomic mass is 9.91. The Morgan fingerprint density at radius 2 is 2.00 bits per heavy atom. The van der Waals surface area contributed by atoms with Gasteiger partial charge in [-0.15, -0.1) is 0 Å². The van der Waals surface area contributed by atoms with E-state index < -0.39 is 0 Å². The average molecular weight is 278 g/mol. The fourth-order valence-electron chi connectivity index (χ4n) is 2.42. The molecule has 5 nitrogen and oxygen atoms in total. The zero-order valence-electron chi connectivity index (χ0n) is 12.1. The van der Waals surface area contributed by atoms with Gasteiger partial charge in [-0.1, -0.05) is 0 Å². The van der Waals surface area contributed by atoms with Crippen LogP contribution in [-0.4, -0.2) is 44.2 Å². The maximum Gasteiger partial charge on any atom is 0.254 e. The van der Waals surface area contributed by atoms with Crippen molar-refractivity contribution in [2.75, 3.05) is 27.3 Å². The summed E-state index contributed by atoms with van der Waals surface area (Å²) in [5.41, 5.74) is 6.24. The highest BCUT2D eigenvalue weighted by Crippen LogP contribution is 2.30.